The number of benzene rings is 1. The molecule has 84 valence electrons. The summed E-state index contributed by atoms with van der Waals surface area (Å²) in [4.78, 5) is 24.4. The number of urea groups is 1. The third-order valence-electron chi connectivity index (χ3n) is 2.46. The summed E-state index contributed by atoms with van der Waals surface area (Å²) in [5.41, 5.74) is 0.770. The number of para-hydroxylation sites is 1. The Hall–Kier alpha value is -2.04. The van der Waals surface area contributed by atoms with Crippen molar-refractivity contribution in [3.8, 4) is 0 Å². The molecule has 1 aromatic carbocycles. The molecule has 1 saturated heterocycles. The second-order valence-corrected chi connectivity index (χ2v) is 3.47. The first kappa shape index (κ1) is 10.5. The smallest absolute Gasteiger partial charge is 0.330 e. The number of amides is 2. The molecule has 1 fully saturated rings. The van der Waals surface area contributed by atoms with Crippen LogP contribution in [-0.2, 0) is 9.53 Å². The van der Waals surface area contributed by atoms with Crippen molar-refractivity contribution in [2.75, 3.05) is 18.6 Å². The summed E-state index contributed by atoms with van der Waals surface area (Å²) in [6.45, 7) is 0.301. The molecule has 2 amide bonds. The Bertz CT molecular complexity index is 405. The van der Waals surface area contributed by atoms with Crippen molar-refractivity contribution in [2.24, 2.45) is 0 Å². The fourth-order valence-electron chi connectivity index (χ4n) is 1.64. The van der Waals surface area contributed by atoms with Crippen LogP contribution in [0, 0.1) is 0 Å². The predicted octanol–water partition coefficient (Wildman–Crippen LogP) is 0.758. The van der Waals surface area contributed by atoms with E-state index in [1.54, 1.807) is 0 Å². The first-order chi connectivity index (χ1) is 7.72. The van der Waals surface area contributed by atoms with Crippen LogP contribution < -0.4 is 10.2 Å². The van der Waals surface area contributed by atoms with Gasteiger partial charge in [-0.05, 0) is 12.1 Å². The second-order valence-electron chi connectivity index (χ2n) is 3.47. The van der Waals surface area contributed by atoms with Crippen LogP contribution in [0.15, 0.2) is 30.3 Å². The number of carbonyl (C=O) groups excluding carboxylic acids is 2. The zero-order valence-corrected chi connectivity index (χ0v) is 8.84. The normalized spacial score (nSPS) is 19.4. The molecule has 0 bridgehead atoms. The third kappa shape index (κ3) is 1.84. The van der Waals surface area contributed by atoms with E-state index in [1.807, 2.05) is 30.3 Å². The van der Waals surface area contributed by atoms with Crippen molar-refractivity contribution in [2.45, 2.75) is 6.04 Å². The van der Waals surface area contributed by atoms with Gasteiger partial charge in [-0.15, -0.1) is 0 Å². The zero-order chi connectivity index (χ0) is 11.5. The van der Waals surface area contributed by atoms with Crippen LogP contribution in [0.4, 0.5) is 10.5 Å². The average molecular weight is 220 g/mol. The molecule has 1 heterocycles. The van der Waals surface area contributed by atoms with E-state index in [0.717, 1.165) is 5.69 Å². The van der Waals surface area contributed by atoms with E-state index in [-0.39, 0.29) is 6.03 Å². The minimum Gasteiger partial charge on any atom is -0.467 e. The standard InChI is InChI=1S/C11H12N2O3/c1-16-10(14)9-7-13(11(15)12-9)8-5-3-2-4-6-8/h2-6,9H,7H2,1H3,(H,12,15). The lowest BCUT2D eigenvalue weighted by Crippen LogP contribution is -2.35. The summed E-state index contributed by atoms with van der Waals surface area (Å²) in [6.07, 6.45) is 0. The van der Waals surface area contributed by atoms with Gasteiger partial charge in [0, 0.05) is 5.69 Å². The van der Waals surface area contributed by atoms with Gasteiger partial charge < -0.3 is 10.1 Å². The van der Waals surface area contributed by atoms with Crippen LogP contribution in [0.2, 0.25) is 0 Å². The van der Waals surface area contributed by atoms with Gasteiger partial charge in [0.15, 0.2) is 0 Å². The van der Waals surface area contributed by atoms with Crippen LogP contribution in [0.25, 0.3) is 0 Å². The Morgan fingerprint density at radius 1 is 1.44 bits per heavy atom. The summed E-state index contributed by atoms with van der Waals surface area (Å²) in [5, 5.41) is 2.57. The summed E-state index contributed by atoms with van der Waals surface area (Å²) >= 11 is 0. The SMILES string of the molecule is COC(=O)C1CN(c2ccccc2)C(=O)N1. The van der Waals surface area contributed by atoms with Gasteiger partial charge in [0.2, 0.25) is 0 Å². The molecule has 1 aliphatic heterocycles. The Balaban J connectivity index is 2.14. The summed E-state index contributed by atoms with van der Waals surface area (Å²) in [7, 11) is 1.31. The molecule has 5 heteroatoms. The van der Waals surface area contributed by atoms with E-state index < -0.39 is 12.0 Å². The number of rotatable bonds is 2. The lowest BCUT2D eigenvalue weighted by molar-refractivity contribution is -0.142. The van der Waals surface area contributed by atoms with Crippen LogP contribution in [-0.4, -0.2) is 31.7 Å². The molecule has 1 aromatic rings. The summed E-state index contributed by atoms with van der Waals surface area (Å²) in [6, 6.07) is 8.33. The van der Waals surface area contributed by atoms with E-state index in [9.17, 15) is 9.59 Å². The van der Waals surface area contributed by atoms with Crippen molar-refractivity contribution in [1.82, 2.24) is 5.32 Å². The van der Waals surface area contributed by atoms with Gasteiger partial charge >= 0.3 is 12.0 Å². The van der Waals surface area contributed by atoms with Crippen molar-refractivity contribution < 1.29 is 14.3 Å². The molecule has 0 radical (unpaired) electrons. The molecular weight excluding hydrogens is 208 g/mol. The summed E-state index contributed by atoms with van der Waals surface area (Å²) < 4.78 is 4.59. The topological polar surface area (TPSA) is 58.6 Å². The molecule has 0 aromatic heterocycles. The van der Waals surface area contributed by atoms with Crippen molar-refractivity contribution in [3.05, 3.63) is 30.3 Å². The number of hydrogen-bond acceptors (Lipinski definition) is 3. The molecule has 1 unspecified atom stereocenters. The molecular formula is C11H12N2O3. The Labute approximate surface area is 93.0 Å². The molecule has 2 rings (SSSR count). The number of nitrogens with one attached hydrogen (secondary N) is 1. The quantitative estimate of drug-likeness (QED) is 0.748. The number of methoxy groups -OCH3 is 1. The molecule has 1 aliphatic rings. The van der Waals surface area contributed by atoms with Crippen LogP contribution in [0.5, 0.6) is 0 Å². The lowest BCUT2D eigenvalue weighted by atomic mass is 10.2. The predicted molar refractivity (Wildman–Crippen MR) is 58.1 cm³/mol. The molecule has 0 spiro atoms. The molecule has 0 saturated carbocycles. The van der Waals surface area contributed by atoms with E-state index in [0.29, 0.717) is 6.54 Å². The Morgan fingerprint density at radius 3 is 2.75 bits per heavy atom. The minimum absolute atomic E-state index is 0.276. The maximum atomic E-state index is 11.6. The number of hydrogen-bond donors (Lipinski definition) is 1. The highest BCUT2D eigenvalue weighted by Gasteiger charge is 2.34. The lowest BCUT2D eigenvalue weighted by Gasteiger charge is -2.13. The fourth-order valence-corrected chi connectivity index (χ4v) is 1.64. The molecule has 0 aliphatic carbocycles. The number of anilines is 1. The second kappa shape index (κ2) is 4.22. The van der Waals surface area contributed by atoms with Gasteiger partial charge in [0.1, 0.15) is 6.04 Å². The molecule has 5 nitrogen and oxygen atoms in total. The minimum atomic E-state index is -0.585. The van der Waals surface area contributed by atoms with Gasteiger partial charge in [-0.25, -0.2) is 9.59 Å². The number of nitrogens with zero attached hydrogens (tertiary/aromatic N) is 1. The Morgan fingerprint density at radius 2 is 2.12 bits per heavy atom. The van der Waals surface area contributed by atoms with Crippen LogP contribution >= 0.6 is 0 Å². The first-order valence-corrected chi connectivity index (χ1v) is 4.93. The third-order valence-corrected chi connectivity index (χ3v) is 2.46. The van der Waals surface area contributed by atoms with Crippen molar-refractivity contribution >= 4 is 17.7 Å². The average Bonchev–Trinajstić information content (AvgIpc) is 2.71. The van der Waals surface area contributed by atoms with E-state index in [1.165, 1.54) is 12.0 Å². The molecule has 1 N–H and O–H groups in total. The van der Waals surface area contributed by atoms with Crippen LogP contribution in [0.1, 0.15) is 0 Å². The highest BCUT2D eigenvalue weighted by atomic mass is 16.5. The highest BCUT2D eigenvalue weighted by Crippen LogP contribution is 2.17. The molecule has 1 atom stereocenters. The van der Waals surface area contributed by atoms with Crippen molar-refractivity contribution in [1.29, 1.82) is 0 Å². The van der Waals surface area contributed by atoms with E-state index in [4.69, 9.17) is 0 Å². The first-order valence-electron chi connectivity index (χ1n) is 4.93. The Kier molecular flexibility index (Phi) is 2.76. The zero-order valence-electron chi connectivity index (χ0n) is 8.84. The van der Waals surface area contributed by atoms with Gasteiger partial charge in [-0.3, -0.25) is 4.90 Å². The van der Waals surface area contributed by atoms with Gasteiger partial charge in [0.05, 0.1) is 13.7 Å². The molecule has 16 heavy (non-hydrogen) atoms. The van der Waals surface area contributed by atoms with E-state index in [2.05, 4.69) is 10.1 Å². The van der Waals surface area contributed by atoms with Gasteiger partial charge in [-0.2, -0.15) is 0 Å². The van der Waals surface area contributed by atoms with Gasteiger partial charge in [-0.1, -0.05) is 18.2 Å². The number of ether oxygens (including phenoxy) is 1. The number of esters is 1. The number of carbonyl (C=O) groups is 2. The highest BCUT2D eigenvalue weighted by molar-refractivity contribution is 5.99. The van der Waals surface area contributed by atoms with E-state index >= 15 is 0 Å². The van der Waals surface area contributed by atoms with Crippen LogP contribution in [0.3, 0.4) is 0 Å². The maximum Gasteiger partial charge on any atom is 0.330 e. The summed E-state index contributed by atoms with van der Waals surface area (Å²) in [5.74, 6) is -0.424. The fraction of sp³-hybridized carbons (Fsp3) is 0.273. The maximum absolute atomic E-state index is 11.6. The van der Waals surface area contributed by atoms with Crippen molar-refractivity contribution in [3.63, 3.8) is 0 Å². The largest absolute Gasteiger partial charge is 0.467 e. The van der Waals surface area contributed by atoms with Gasteiger partial charge in [0.25, 0.3) is 0 Å². The monoisotopic (exact) mass is 220 g/mol.